The molecule has 0 saturated carbocycles. The first kappa shape index (κ1) is 26.8. The average molecular weight is 516 g/mol. The molecule has 3 aliphatic rings. The molecular formula is C28H37NO6S. The molecule has 8 heteroatoms. The van der Waals surface area contributed by atoms with Crippen molar-refractivity contribution in [3.05, 3.63) is 53.6 Å². The van der Waals surface area contributed by atoms with Crippen LogP contribution in [0.2, 0.25) is 0 Å². The second-order valence-corrected chi connectivity index (χ2v) is 10.7. The molecule has 2 saturated heterocycles. The van der Waals surface area contributed by atoms with Crippen molar-refractivity contribution in [1.82, 2.24) is 4.90 Å². The van der Waals surface area contributed by atoms with Crippen molar-refractivity contribution >= 4 is 23.0 Å². The number of nitrogens with zero attached hydrogens (tertiary/aromatic N) is 1. The zero-order chi connectivity index (χ0) is 25.5. The van der Waals surface area contributed by atoms with Gasteiger partial charge in [-0.3, -0.25) is 4.79 Å². The second-order valence-electron chi connectivity index (χ2n) is 9.75. The maximum absolute atomic E-state index is 13.0. The summed E-state index contributed by atoms with van der Waals surface area (Å²) in [6, 6.07) is 7.42. The monoisotopic (exact) mass is 515 g/mol. The van der Waals surface area contributed by atoms with E-state index in [1.54, 1.807) is 20.3 Å². The summed E-state index contributed by atoms with van der Waals surface area (Å²) in [5, 5.41) is -0.00246. The standard InChI is InChI=1S/C28H37NO6S/c1-20-9-7-5-4-6-8-10-23-16-24(34-26(30)15-20)17-28(33-3,35-23)25-19-36-27(31)29(25)18-21-11-13-22(32-2)14-12-21/h4-5,11-15,23-25H,6-10,16-19H2,1-3H3/b5-4-,20-15+/t23-,24-,25+,28-/m1/s1. The summed E-state index contributed by atoms with van der Waals surface area (Å²) in [5.41, 5.74) is 2.01. The first-order valence-electron chi connectivity index (χ1n) is 12.7. The van der Waals surface area contributed by atoms with Gasteiger partial charge in [0.2, 0.25) is 0 Å². The van der Waals surface area contributed by atoms with Crippen LogP contribution in [0.3, 0.4) is 0 Å². The molecule has 4 rings (SSSR count). The van der Waals surface area contributed by atoms with Crippen molar-refractivity contribution in [2.45, 2.75) is 82.5 Å². The lowest BCUT2D eigenvalue weighted by Gasteiger charge is -2.48. The summed E-state index contributed by atoms with van der Waals surface area (Å²) in [4.78, 5) is 27.5. The van der Waals surface area contributed by atoms with Gasteiger partial charge in [0.05, 0.1) is 19.3 Å². The zero-order valence-electron chi connectivity index (χ0n) is 21.4. The maximum atomic E-state index is 13.0. The highest BCUT2D eigenvalue weighted by atomic mass is 32.2. The number of fused-ring (bicyclic) bond motifs is 2. The van der Waals surface area contributed by atoms with Gasteiger partial charge in [0.15, 0.2) is 5.79 Å². The van der Waals surface area contributed by atoms with Crippen LogP contribution in [0.15, 0.2) is 48.1 Å². The van der Waals surface area contributed by atoms with E-state index in [2.05, 4.69) is 12.2 Å². The van der Waals surface area contributed by atoms with E-state index in [1.807, 2.05) is 36.1 Å². The quantitative estimate of drug-likeness (QED) is 0.371. The Balaban J connectivity index is 1.58. The van der Waals surface area contributed by atoms with Crippen LogP contribution in [0, 0.1) is 0 Å². The van der Waals surface area contributed by atoms with E-state index < -0.39 is 5.79 Å². The molecule has 1 aromatic rings. The molecule has 1 aromatic carbocycles. The van der Waals surface area contributed by atoms with Crippen LogP contribution < -0.4 is 4.74 Å². The van der Waals surface area contributed by atoms with Crippen molar-refractivity contribution in [2.75, 3.05) is 20.0 Å². The highest BCUT2D eigenvalue weighted by Crippen LogP contribution is 2.43. The lowest BCUT2D eigenvalue weighted by Crippen LogP contribution is -2.60. The molecule has 0 aromatic heterocycles. The van der Waals surface area contributed by atoms with Crippen LogP contribution in [-0.2, 0) is 25.5 Å². The summed E-state index contributed by atoms with van der Waals surface area (Å²) < 4.78 is 24.0. The van der Waals surface area contributed by atoms with Crippen LogP contribution in [-0.4, -0.2) is 60.1 Å². The number of carbonyl (C=O) groups is 2. The number of esters is 1. The molecule has 0 radical (unpaired) electrons. The lowest BCUT2D eigenvalue weighted by molar-refractivity contribution is -0.305. The number of hydrogen-bond donors (Lipinski definition) is 0. The minimum absolute atomic E-state index is 0.00246. The SMILES string of the molecule is COc1ccc(CN2C(=O)SC[C@H]2[C@@]2(OC)C[C@H]3C[C@@H](CCC/C=C\CC/C(C)=C/C(=O)O3)O2)cc1. The average Bonchev–Trinajstić information content (AvgIpc) is 3.23. The molecule has 7 nitrogen and oxygen atoms in total. The van der Waals surface area contributed by atoms with Crippen LogP contribution in [0.25, 0.3) is 0 Å². The third kappa shape index (κ3) is 6.52. The Kier molecular flexibility index (Phi) is 9.14. The molecule has 0 spiro atoms. The van der Waals surface area contributed by atoms with Gasteiger partial charge in [0, 0.05) is 38.3 Å². The molecule has 2 fully saturated rings. The molecule has 0 aliphatic carbocycles. The largest absolute Gasteiger partial charge is 0.497 e. The predicted octanol–water partition coefficient (Wildman–Crippen LogP) is 5.63. The Bertz CT molecular complexity index is 977. The van der Waals surface area contributed by atoms with Crippen LogP contribution in [0.5, 0.6) is 5.75 Å². The van der Waals surface area contributed by atoms with Crippen LogP contribution >= 0.6 is 11.8 Å². The van der Waals surface area contributed by atoms with E-state index in [1.165, 1.54) is 11.8 Å². The summed E-state index contributed by atoms with van der Waals surface area (Å²) in [7, 11) is 3.26. The molecule has 3 heterocycles. The van der Waals surface area contributed by atoms with E-state index in [4.69, 9.17) is 18.9 Å². The second kappa shape index (κ2) is 12.3. The number of benzene rings is 1. The molecule has 196 valence electrons. The predicted molar refractivity (Wildman–Crippen MR) is 140 cm³/mol. The number of ether oxygens (including phenoxy) is 4. The molecule has 0 unspecified atom stereocenters. The molecule has 0 N–H and O–H groups in total. The van der Waals surface area contributed by atoms with Crippen molar-refractivity contribution in [2.24, 2.45) is 0 Å². The number of thioether (sulfide) groups is 1. The number of allylic oxidation sites excluding steroid dienone is 3. The van der Waals surface area contributed by atoms with Crippen LogP contribution in [0.1, 0.15) is 57.4 Å². The number of carbonyl (C=O) groups excluding carboxylic acids is 2. The van der Waals surface area contributed by atoms with Gasteiger partial charge in [0.25, 0.3) is 5.24 Å². The van der Waals surface area contributed by atoms with Gasteiger partial charge in [-0.15, -0.1) is 0 Å². The maximum Gasteiger partial charge on any atom is 0.330 e. The number of amides is 1. The highest BCUT2D eigenvalue weighted by Gasteiger charge is 2.54. The topological polar surface area (TPSA) is 74.3 Å². The smallest absolute Gasteiger partial charge is 0.330 e. The fourth-order valence-corrected chi connectivity index (χ4v) is 6.31. The third-order valence-electron chi connectivity index (χ3n) is 7.16. The molecule has 36 heavy (non-hydrogen) atoms. The lowest BCUT2D eigenvalue weighted by atomic mass is 9.90. The number of rotatable bonds is 5. The van der Waals surface area contributed by atoms with E-state index in [9.17, 15) is 9.59 Å². The van der Waals surface area contributed by atoms with Gasteiger partial charge in [-0.1, -0.05) is 41.6 Å². The molecular weight excluding hydrogens is 478 g/mol. The fourth-order valence-electron chi connectivity index (χ4n) is 5.22. The fraction of sp³-hybridized carbons (Fsp3) is 0.571. The number of hydrogen-bond acceptors (Lipinski definition) is 7. The Labute approximate surface area is 218 Å². The first-order valence-corrected chi connectivity index (χ1v) is 13.7. The number of methoxy groups -OCH3 is 2. The summed E-state index contributed by atoms with van der Waals surface area (Å²) in [6.45, 7) is 2.41. The Hall–Kier alpha value is -2.29. The van der Waals surface area contributed by atoms with Gasteiger partial charge < -0.3 is 23.8 Å². The van der Waals surface area contributed by atoms with Crippen molar-refractivity contribution in [1.29, 1.82) is 0 Å². The summed E-state index contributed by atoms with van der Waals surface area (Å²) in [6.07, 6.45) is 11.1. The minimum Gasteiger partial charge on any atom is -0.497 e. The Morgan fingerprint density at radius 2 is 1.89 bits per heavy atom. The third-order valence-corrected chi connectivity index (χ3v) is 8.12. The van der Waals surface area contributed by atoms with Gasteiger partial charge in [-0.2, -0.15) is 0 Å². The normalized spacial score (nSPS) is 32.2. The molecule has 3 aliphatic heterocycles. The molecule has 4 atom stereocenters. The molecule has 2 bridgehead atoms. The van der Waals surface area contributed by atoms with Gasteiger partial charge >= 0.3 is 5.97 Å². The van der Waals surface area contributed by atoms with Gasteiger partial charge in [0.1, 0.15) is 11.9 Å². The van der Waals surface area contributed by atoms with E-state index in [0.717, 1.165) is 49.0 Å². The van der Waals surface area contributed by atoms with Gasteiger partial charge in [-0.05, 0) is 56.7 Å². The zero-order valence-corrected chi connectivity index (χ0v) is 22.3. The first-order chi connectivity index (χ1) is 17.4. The van der Waals surface area contributed by atoms with E-state index in [-0.39, 0.29) is 29.5 Å². The van der Waals surface area contributed by atoms with E-state index >= 15 is 0 Å². The van der Waals surface area contributed by atoms with E-state index in [0.29, 0.717) is 25.1 Å². The molecule has 1 amide bonds. The Morgan fingerprint density at radius 3 is 2.64 bits per heavy atom. The van der Waals surface area contributed by atoms with Crippen LogP contribution in [0.4, 0.5) is 4.79 Å². The van der Waals surface area contributed by atoms with Gasteiger partial charge in [-0.25, -0.2) is 4.79 Å². The van der Waals surface area contributed by atoms with Crippen molar-refractivity contribution in [3.8, 4) is 5.75 Å². The highest BCUT2D eigenvalue weighted by molar-refractivity contribution is 8.13. The van der Waals surface area contributed by atoms with Crippen molar-refractivity contribution < 1.29 is 28.5 Å². The van der Waals surface area contributed by atoms with Crippen molar-refractivity contribution in [3.63, 3.8) is 0 Å². The Morgan fingerprint density at radius 1 is 1.11 bits per heavy atom. The summed E-state index contributed by atoms with van der Waals surface area (Å²) in [5.74, 6) is -0.0489. The summed E-state index contributed by atoms with van der Waals surface area (Å²) >= 11 is 1.28. The minimum atomic E-state index is -1.05.